The van der Waals surface area contributed by atoms with Gasteiger partial charge in [0, 0.05) is 68.4 Å². The Labute approximate surface area is 797 Å². The first-order valence-electron chi connectivity index (χ1n) is 45.1. The molecule has 0 spiro atoms. The number of para-hydroxylation sites is 1. The zero-order valence-electron chi connectivity index (χ0n) is 77.4. The minimum Gasteiger partial charge on any atom is -0.508 e. The molecule has 1 fully saturated rings. The number of nitrogens with one attached hydrogen (secondary N) is 16. The number of fused-ring (bicyclic) bond motifs is 1. The number of phenolic OH excluding ortho intramolecular Hbond substituents is 3. The monoisotopic (exact) mass is 1910 g/mol. The maximum atomic E-state index is 15.8. The Morgan fingerprint density at radius 1 is 0.445 bits per heavy atom. The average Bonchev–Trinajstić information content (AvgIpc) is 1.78. The molecule has 17 amide bonds. The smallest absolute Gasteiger partial charge is 0.245 e. The number of benzene rings is 6. The van der Waals surface area contributed by atoms with Crippen molar-refractivity contribution in [2.24, 2.45) is 29.2 Å². The molecule has 41 heteroatoms. The third-order valence-electron chi connectivity index (χ3n) is 22.3. The summed E-state index contributed by atoms with van der Waals surface area (Å²) in [6, 6.07) is 22.0. The van der Waals surface area contributed by atoms with Gasteiger partial charge < -0.3 is 122 Å². The molecule has 12 atom stereocenters. The summed E-state index contributed by atoms with van der Waals surface area (Å²) in [4.78, 5) is 250. The standard InChI is InChI=1S/C96H125N19O21S/c1-54(2)38-69-88(128)113-77(87(127)102-48-80(121)100-47-79(120)101-49-81(122)104-68(85(98)125)24-16-17-37-97)52-137-53-83(124)106-71(40-57-18-10-8-11-19-57)89(129)108-72(41-59-25-31-63(117)32-26-59)90(130)107-70(39-55(3)4)93(133)114-84(56(5)6)95(135)110-73(42-60-27-33-64(118)34-28-60)91(131)112-76(51-116)86(126)103-50-82(123)105-74(45-62-46-99-67-23-15-14-22-66(62)67)92(132)111-75(43-61-29-35-65(119)36-30-61)96(136)115(7)78(94(134)109-69)44-58-20-12-9-13-21-58/h8-15,18-23,25-36,46,54-56,68-78,84,99,116-119H,16-17,24,37-45,47-53,97H2,1-7H3,(H2,98,125)(H,100,121)(H,101,120)(H,102,127)(H,103,126)(H,104,122)(H,105,123)(H,106,124)(H,107,130)(H,108,129)(H,109,134)(H,110,135)(H,111,132)(H,112,131)(H,113,128)(H,114,133)/t68-,69-,70+,71-,72-,73-,74+,75-,76-,77-,78-,84-/m0/s1. The van der Waals surface area contributed by atoms with Crippen LogP contribution in [-0.4, -0.2) is 261 Å². The molecule has 0 saturated carbocycles. The van der Waals surface area contributed by atoms with Gasteiger partial charge in [-0.3, -0.25) is 81.5 Å². The van der Waals surface area contributed by atoms with E-state index in [-0.39, 0.29) is 81.0 Å². The van der Waals surface area contributed by atoms with Crippen molar-refractivity contribution in [2.45, 2.75) is 185 Å². The molecular weight excluding hydrogens is 1790 g/mol. The summed E-state index contributed by atoms with van der Waals surface area (Å²) in [6.07, 6.45) is 0.890. The second kappa shape index (κ2) is 54.2. The third-order valence-corrected chi connectivity index (χ3v) is 23.4. The average molecular weight is 1910 g/mol. The van der Waals surface area contributed by atoms with Crippen LogP contribution in [0.25, 0.3) is 10.9 Å². The van der Waals surface area contributed by atoms with E-state index in [0.29, 0.717) is 63.7 Å². The molecule has 1 aliphatic heterocycles. The number of aromatic amines is 1. The van der Waals surface area contributed by atoms with E-state index in [1.165, 1.54) is 79.8 Å². The number of primary amides is 1. The zero-order valence-corrected chi connectivity index (χ0v) is 78.2. The number of H-pyrrole nitrogens is 1. The van der Waals surface area contributed by atoms with Gasteiger partial charge in [-0.15, -0.1) is 11.8 Å². The topological polar surface area (TPSA) is 623 Å². The van der Waals surface area contributed by atoms with Crippen LogP contribution in [0.15, 0.2) is 164 Å². The lowest BCUT2D eigenvalue weighted by molar-refractivity contribution is -0.143. The van der Waals surface area contributed by atoms with Crippen molar-refractivity contribution in [1.29, 1.82) is 0 Å². The first-order valence-corrected chi connectivity index (χ1v) is 46.3. The molecule has 1 aromatic heterocycles. The molecule has 0 bridgehead atoms. The molecule has 24 N–H and O–H groups in total. The molecular formula is C96H125N19O21S. The Bertz CT molecular complexity index is 5300. The summed E-state index contributed by atoms with van der Waals surface area (Å²) in [5, 5.41) is 81.3. The molecule has 7 aromatic rings. The van der Waals surface area contributed by atoms with Crippen LogP contribution in [0.4, 0.5) is 0 Å². The highest BCUT2D eigenvalue weighted by Gasteiger charge is 2.40. The fraction of sp³-hybridized carbons (Fsp3) is 0.427. The minimum absolute atomic E-state index is 0.0760. The molecule has 1 saturated heterocycles. The van der Waals surface area contributed by atoms with Crippen molar-refractivity contribution in [2.75, 3.05) is 57.9 Å². The van der Waals surface area contributed by atoms with E-state index in [0.717, 1.165) is 16.7 Å². The number of aromatic nitrogens is 1. The highest BCUT2D eigenvalue weighted by Crippen LogP contribution is 2.24. The Hall–Kier alpha value is -14.5. The first-order chi connectivity index (χ1) is 65.3. The van der Waals surface area contributed by atoms with Crippen molar-refractivity contribution < 1.29 is 102 Å². The van der Waals surface area contributed by atoms with Crippen molar-refractivity contribution in [3.63, 3.8) is 0 Å². The Kier molecular flexibility index (Phi) is 42.6. The lowest BCUT2D eigenvalue weighted by Gasteiger charge is -2.33. The second-order valence-electron chi connectivity index (χ2n) is 34.7. The van der Waals surface area contributed by atoms with Gasteiger partial charge in [-0.1, -0.05) is 157 Å². The van der Waals surface area contributed by atoms with Gasteiger partial charge in [-0.25, -0.2) is 0 Å². The van der Waals surface area contributed by atoms with E-state index in [1.807, 2.05) is 0 Å². The molecule has 40 nitrogen and oxygen atoms in total. The maximum absolute atomic E-state index is 15.8. The van der Waals surface area contributed by atoms with Crippen LogP contribution in [0.5, 0.6) is 17.2 Å². The van der Waals surface area contributed by atoms with Crippen molar-refractivity contribution >= 4 is 123 Å². The van der Waals surface area contributed by atoms with Crippen molar-refractivity contribution in [3.05, 3.63) is 197 Å². The fourth-order valence-corrected chi connectivity index (χ4v) is 15.8. The lowest BCUT2D eigenvalue weighted by Crippen LogP contribution is -2.61. The molecule has 1 aliphatic rings. The van der Waals surface area contributed by atoms with Gasteiger partial charge in [0.15, 0.2) is 0 Å². The summed E-state index contributed by atoms with van der Waals surface area (Å²) < 4.78 is 0. The van der Waals surface area contributed by atoms with Gasteiger partial charge in [0.05, 0.1) is 38.5 Å². The van der Waals surface area contributed by atoms with E-state index >= 15 is 28.8 Å². The highest BCUT2D eigenvalue weighted by molar-refractivity contribution is 8.00. The molecule has 736 valence electrons. The van der Waals surface area contributed by atoms with Gasteiger partial charge in [-0.2, -0.15) is 0 Å². The van der Waals surface area contributed by atoms with E-state index in [1.54, 1.807) is 133 Å². The number of aliphatic hydroxyl groups excluding tert-OH is 1. The Balaban J connectivity index is 1.19. The predicted molar refractivity (Wildman–Crippen MR) is 508 cm³/mol. The summed E-state index contributed by atoms with van der Waals surface area (Å²) in [7, 11) is 1.29. The number of carbonyl (C=O) groups is 17. The summed E-state index contributed by atoms with van der Waals surface area (Å²) >= 11 is 0.758. The van der Waals surface area contributed by atoms with Gasteiger partial charge in [0.1, 0.15) is 89.8 Å². The quantitative estimate of drug-likeness (QED) is 0.0226. The number of rotatable bonds is 31. The molecule has 0 aliphatic carbocycles. The number of nitrogens with two attached hydrogens (primary N) is 2. The van der Waals surface area contributed by atoms with Crippen LogP contribution in [0, 0.1) is 17.8 Å². The predicted octanol–water partition coefficient (Wildman–Crippen LogP) is -1.23. The zero-order chi connectivity index (χ0) is 100.0. The summed E-state index contributed by atoms with van der Waals surface area (Å²) in [5.74, 6) is -19.1. The summed E-state index contributed by atoms with van der Waals surface area (Å²) in [5.41, 5.74) is 14.3. The van der Waals surface area contributed by atoms with Gasteiger partial charge in [0.2, 0.25) is 100 Å². The number of likely N-dealkylation sites (N-methyl/N-ethyl adjacent to an activating group) is 1. The number of phenols is 3. The maximum Gasteiger partial charge on any atom is 0.245 e. The van der Waals surface area contributed by atoms with E-state index in [2.05, 4.69) is 84.7 Å². The fourth-order valence-electron chi connectivity index (χ4n) is 15.0. The van der Waals surface area contributed by atoms with E-state index in [4.69, 9.17) is 11.5 Å². The molecule has 6 aromatic carbocycles. The van der Waals surface area contributed by atoms with Crippen LogP contribution >= 0.6 is 11.8 Å². The van der Waals surface area contributed by atoms with Gasteiger partial charge in [0.25, 0.3) is 0 Å². The number of aromatic hydroxyl groups is 3. The van der Waals surface area contributed by atoms with Crippen molar-refractivity contribution in [3.8, 4) is 17.2 Å². The van der Waals surface area contributed by atoms with Crippen LogP contribution in [0.2, 0.25) is 0 Å². The first kappa shape index (κ1) is 108. The number of hydrogen-bond acceptors (Lipinski definition) is 23. The third kappa shape index (κ3) is 35.7. The summed E-state index contributed by atoms with van der Waals surface area (Å²) in [6.45, 7) is 6.22. The normalized spacial score (nSPS) is 20.9. The van der Waals surface area contributed by atoms with Crippen LogP contribution in [0.3, 0.4) is 0 Å². The Morgan fingerprint density at radius 3 is 1.38 bits per heavy atom. The van der Waals surface area contributed by atoms with E-state index in [9.17, 15) is 73.2 Å². The number of aliphatic hydroxyl groups is 1. The number of carbonyl (C=O) groups excluding carboxylic acids is 17. The second-order valence-corrected chi connectivity index (χ2v) is 35.7. The van der Waals surface area contributed by atoms with Gasteiger partial charge >= 0.3 is 0 Å². The van der Waals surface area contributed by atoms with Crippen LogP contribution in [-0.2, 0) is 120 Å². The minimum atomic E-state index is -1.85. The number of thioether (sulfide) groups is 1. The van der Waals surface area contributed by atoms with Crippen LogP contribution in [0.1, 0.15) is 107 Å². The largest absolute Gasteiger partial charge is 0.508 e. The highest BCUT2D eigenvalue weighted by atomic mass is 32.2. The molecule has 2 heterocycles. The van der Waals surface area contributed by atoms with Gasteiger partial charge in [-0.05, 0) is 132 Å². The number of amides is 17. The SMILES string of the molecule is CC(C)C[C@@H]1NC(=O)[C@H](Cc2ccccc2)N(C)C(=O)[C@H](Cc2ccc(O)cc2)NC(=O)[C@@H](Cc2c[nH]c3ccccc23)NC(=O)CNC(=O)[C@H](CO)NC(=O)[C@H](Cc2ccc(O)cc2)NC(=O)[C@H](C(C)C)NC(=O)[C@@H](CC(C)C)NC(=O)[C@H](Cc2ccc(O)cc2)NC(=O)[C@H](Cc2ccccc2)NC(=O)CSC[C@@H](C(=O)NCC(=O)NCC(=O)NCC(=O)N[C@@H](CCCCN)C(N)=O)NC1=O. The number of hydrogen-bond donors (Lipinski definition) is 22. The molecule has 8 rings (SSSR count). The van der Waals surface area contributed by atoms with Crippen molar-refractivity contribution in [1.82, 2.24) is 89.6 Å². The Morgan fingerprint density at radius 2 is 0.869 bits per heavy atom. The van der Waals surface area contributed by atoms with Crippen LogP contribution < -0.4 is 91.2 Å². The lowest BCUT2D eigenvalue weighted by atomic mass is 9.98. The molecule has 0 unspecified atom stereocenters. The number of unbranched alkanes of at least 4 members (excludes halogenated alkanes) is 1. The molecule has 137 heavy (non-hydrogen) atoms. The molecule has 0 radical (unpaired) electrons. The number of nitrogens with zero attached hydrogens (tertiary/aromatic N) is 1. The van der Waals surface area contributed by atoms with E-state index < -0.39 is 229 Å².